The first kappa shape index (κ1) is 16.5. The highest BCUT2D eigenvalue weighted by molar-refractivity contribution is 5.97. The molecule has 0 saturated heterocycles. The summed E-state index contributed by atoms with van der Waals surface area (Å²) in [7, 11) is 0. The Labute approximate surface area is 167 Å². The molecule has 0 bridgehead atoms. The van der Waals surface area contributed by atoms with Gasteiger partial charge in [0.15, 0.2) is 11.5 Å². The molecule has 0 aliphatic rings. The largest absolute Gasteiger partial charge is 0.472 e. The van der Waals surface area contributed by atoms with Gasteiger partial charge in [0.05, 0.1) is 28.9 Å². The molecule has 0 atom stereocenters. The molecule has 0 amide bonds. The maximum absolute atomic E-state index is 15.5. The Balaban J connectivity index is 1.57. The number of halogens is 1. The first-order valence-electron chi connectivity index (χ1n) is 9.09. The fourth-order valence-electron chi connectivity index (χ4n) is 3.59. The number of hydrogen-bond acceptors (Lipinski definition) is 6. The van der Waals surface area contributed by atoms with Crippen molar-refractivity contribution in [2.75, 3.05) is 0 Å². The van der Waals surface area contributed by atoms with E-state index in [0.717, 1.165) is 16.6 Å². The summed E-state index contributed by atoms with van der Waals surface area (Å²) in [6, 6.07) is 7.17. The van der Waals surface area contributed by atoms with E-state index in [0.29, 0.717) is 39.2 Å². The molecule has 9 heteroatoms. The number of imidazole rings is 1. The molecule has 0 radical (unpaired) electrons. The van der Waals surface area contributed by atoms with Crippen LogP contribution in [-0.4, -0.2) is 35.1 Å². The molecule has 8 nitrogen and oxygen atoms in total. The van der Waals surface area contributed by atoms with Gasteiger partial charge in [-0.25, -0.2) is 24.3 Å². The number of benzene rings is 1. The van der Waals surface area contributed by atoms with Gasteiger partial charge in [0, 0.05) is 40.8 Å². The molecule has 1 aromatic carbocycles. The second kappa shape index (κ2) is 6.31. The van der Waals surface area contributed by atoms with Gasteiger partial charge in [-0.15, -0.1) is 0 Å². The normalized spacial score (nSPS) is 11.5. The van der Waals surface area contributed by atoms with E-state index in [9.17, 15) is 0 Å². The lowest BCUT2D eigenvalue weighted by molar-refractivity contribution is 0.568. The molecule has 5 aromatic heterocycles. The number of pyridine rings is 1. The van der Waals surface area contributed by atoms with Crippen LogP contribution in [0.2, 0.25) is 0 Å². The highest BCUT2D eigenvalue weighted by Gasteiger charge is 2.20. The molecule has 5 heterocycles. The van der Waals surface area contributed by atoms with E-state index in [1.54, 1.807) is 43.2 Å². The molecule has 144 valence electrons. The number of aromatic amines is 2. The van der Waals surface area contributed by atoms with Crippen LogP contribution in [0.4, 0.5) is 4.39 Å². The first-order valence-corrected chi connectivity index (χ1v) is 9.09. The summed E-state index contributed by atoms with van der Waals surface area (Å²) in [5, 5.41) is 7.52. The third-order valence-corrected chi connectivity index (χ3v) is 4.99. The van der Waals surface area contributed by atoms with Gasteiger partial charge in [-0.3, -0.25) is 5.10 Å². The highest BCUT2D eigenvalue weighted by Crippen LogP contribution is 2.34. The number of nitrogens with zero attached hydrogens (tertiary/aromatic N) is 5. The molecule has 0 aliphatic carbocycles. The quantitative estimate of drug-likeness (QED) is 0.459. The number of hydrogen-bond donors (Lipinski definition) is 2. The molecule has 30 heavy (non-hydrogen) atoms. The van der Waals surface area contributed by atoms with Crippen molar-refractivity contribution in [3.05, 3.63) is 67.5 Å². The summed E-state index contributed by atoms with van der Waals surface area (Å²) < 4.78 is 20.7. The highest BCUT2D eigenvalue weighted by atomic mass is 19.1. The second-order valence-corrected chi connectivity index (χ2v) is 6.70. The molecular weight excluding hydrogens is 385 g/mol. The molecule has 0 saturated carbocycles. The van der Waals surface area contributed by atoms with Crippen LogP contribution < -0.4 is 0 Å². The van der Waals surface area contributed by atoms with E-state index in [1.165, 1.54) is 6.33 Å². The lowest BCUT2D eigenvalue weighted by Crippen LogP contribution is -1.90. The van der Waals surface area contributed by atoms with Crippen molar-refractivity contribution < 1.29 is 8.81 Å². The average Bonchev–Trinajstić information content (AvgIpc) is 3.53. The maximum Gasteiger partial charge on any atom is 0.178 e. The minimum absolute atomic E-state index is 0.334. The predicted octanol–water partition coefficient (Wildman–Crippen LogP) is 4.36. The van der Waals surface area contributed by atoms with Crippen LogP contribution in [0, 0.1) is 5.82 Å². The van der Waals surface area contributed by atoms with Gasteiger partial charge in [-0.05, 0) is 24.3 Å². The van der Waals surface area contributed by atoms with Crippen LogP contribution in [-0.2, 0) is 0 Å². The summed E-state index contributed by atoms with van der Waals surface area (Å²) in [4.78, 5) is 20.1. The van der Waals surface area contributed by atoms with Crippen molar-refractivity contribution in [2.45, 2.75) is 0 Å². The number of aromatic nitrogens is 7. The smallest absolute Gasteiger partial charge is 0.178 e. The molecule has 6 aromatic rings. The Morgan fingerprint density at radius 3 is 2.70 bits per heavy atom. The predicted molar refractivity (Wildman–Crippen MR) is 108 cm³/mol. The number of H-pyrrole nitrogens is 2. The van der Waals surface area contributed by atoms with Gasteiger partial charge in [-0.1, -0.05) is 0 Å². The molecular formula is C21H12FN7O. The van der Waals surface area contributed by atoms with E-state index in [1.807, 2.05) is 12.1 Å². The minimum Gasteiger partial charge on any atom is -0.472 e. The molecule has 0 spiro atoms. The summed E-state index contributed by atoms with van der Waals surface area (Å²) >= 11 is 0. The van der Waals surface area contributed by atoms with Crippen LogP contribution in [0.3, 0.4) is 0 Å². The Bertz CT molecular complexity index is 1500. The fourth-order valence-corrected chi connectivity index (χ4v) is 3.59. The average molecular weight is 397 g/mol. The van der Waals surface area contributed by atoms with Crippen LogP contribution in [0.5, 0.6) is 0 Å². The van der Waals surface area contributed by atoms with Crippen molar-refractivity contribution in [3.63, 3.8) is 0 Å². The Morgan fingerprint density at radius 1 is 0.967 bits per heavy atom. The summed E-state index contributed by atoms with van der Waals surface area (Å²) in [5.74, 6) is -0.00502. The van der Waals surface area contributed by atoms with Crippen molar-refractivity contribution in [3.8, 4) is 33.8 Å². The van der Waals surface area contributed by atoms with Gasteiger partial charge in [0.2, 0.25) is 0 Å². The van der Waals surface area contributed by atoms with Gasteiger partial charge in [0.25, 0.3) is 0 Å². The molecule has 0 fully saturated rings. The zero-order chi connectivity index (χ0) is 20.1. The maximum atomic E-state index is 15.5. The molecule has 0 unspecified atom stereocenters. The number of fused-ring (bicyclic) bond motifs is 2. The van der Waals surface area contributed by atoms with Crippen LogP contribution >= 0.6 is 0 Å². The van der Waals surface area contributed by atoms with E-state index in [2.05, 4.69) is 35.1 Å². The topological polar surface area (TPSA) is 109 Å². The Kier molecular flexibility index (Phi) is 3.48. The van der Waals surface area contributed by atoms with Gasteiger partial charge < -0.3 is 9.40 Å². The summed E-state index contributed by atoms with van der Waals surface area (Å²) in [6.45, 7) is 0. The minimum atomic E-state index is -0.422. The summed E-state index contributed by atoms with van der Waals surface area (Å²) in [5.41, 5.74) is 4.91. The number of rotatable bonds is 3. The van der Waals surface area contributed by atoms with Crippen molar-refractivity contribution in [1.29, 1.82) is 0 Å². The SMILES string of the molecule is Fc1c(-c2cncnc2)ccc2[nH]nc(-c3nc4nccc(-c5ccoc5)c4[nH]3)c12. The lowest BCUT2D eigenvalue weighted by atomic mass is 10.0. The van der Waals surface area contributed by atoms with Crippen molar-refractivity contribution in [2.24, 2.45) is 0 Å². The van der Waals surface area contributed by atoms with E-state index in [-0.39, 0.29) is 0 Å². The van der Waals surface area contributed by atoms with Crippen LogP contribution in [0.15, 0.2) is 66.1 Å². The van der Waals surface area contributed by atoms with E-state index < -0.39 is 5.82 Å². The van der Waals surface area contributed by atoms with E-state index >= 15 is 4.39 Å². The Morgan fingerprint density at radius 2 is 1.87 bits per heavy atom. The van der Waals surface area contributed by atoms with Gasteiger partial charge in [-0.2, -0.15) is 5.10 Å². The third-order valence-electron chi connectivity index (χ3n) is 4.99. The van der Waals surface area contributed by atoms with E-state index in [4.69, 9.17) is 4.42 Å². The van der Waals surface area contributed by atoms with Gasteiger partial charge >= 0.3 is 0 Å². The molecule has 6 rings (SSSR count). The second-order valence-electron chi connectivity index (χ2n) is 6.70. The first-order chi connectivity index (χ1) is 14.8. The summed E-state index contributed by atoms with van der Waals surface area (Å²) in [6.07, 6.45) is 9.46. The monoisotopic (exact) mass is 397 g/mol. The number of furan rings is 1. The zero-order valence-electron chi connectivity index (χ0n) is 15.3. The molecule has 2 N–H and O–H groups in total. The third kappa shape index (κ3) is 2.42. The lowest BCUT2D eigenvalue weighted by Gasteiger charge is -2.04. The van der Waals surface area contributed by atoms with Crippen LogP contribution in [0.25, 0.3) is 55.8 Å². The van der Waals surface area contributed by atoms with Crippen LogP contribution in [0.1, 0.15) is 0 Å². The van der Waals surface area contributed by atoms with Crippen molar-refractivity contribution in [1.82, 2.24) is 35.1 Å². The molecule has 0 aliphatic heterocycles. The zero-order valence-corrected chi connectivity index (χ0v) is 15.3. The standard InChI is InChI=1S/C21H12FN7O/c22-17-13(12-7-23-10-24-8-12)1-2-15-16(17)19(29-28-15)21-26-18-14(11-4-6-30-9-11)3-5-25-20(18)27-21/h1-10H,(H,28,29)(H,25,26,27). The fraction of sp³-hybridized carbons (Fsp3) is 0. The Hall–Kier alpha value is -4.40. The number of nitrogens with one attached hydrogen (secondary N) is 2. The van der Waals surface area contributed by atoms with Gasteiger partial charge in [0.1, 0.15) is 17.8 Å². The van der Waals surface area contributed by atoms with Crippen molar-refractivity contribution >= 4 is 22.1 Å².